The summed E-state index contributed by atoms with van der Waals surface area (Å²) < 4.78 is 5.19. The molecule has 1 rings (SSSR count). The number of nitrogens with one attached hydrogen (secondary N) is 1. The van der Waals surface area contributed by atoms with Crippen molar-refractivity contribution in [3.05, 3.63) is 34.9 Å². The highest BCUT2D eigenvalue weighted by molar-refractivity contribution is 6.30. The second-order valence-electron chi connectivity index (χ2n) is 3.52. The highest BCUT2D eigenvalue weighted by Crippen LogP contribution is 2.17. The molecule has 0 aliphatic carbocycles. The molecule has 2 nitrogen and oxygen atoms in total. The molecule has 0 saturated heterocycles. The Kier molecular flexibility index (Phi) is 5.69. The molecule has 0 saturated carbocycles. The van der Waals surface area contributed by atoms with Gasteiger partial charge in [-0.25, -0.2) is 0 Å². The van der Waals surface area contributed by atoms with E-state index in [2.05, 4.69) is 18.3 Å². The van der Waals surface area contributed by atoms with E-state index in [0.717, 1.165) is 18.0 Å². The van der Waals surface area contributed by atoms with E-state index in [1.165, 1.54) is 5.56 Å². The summed E-state index contributed by atoms with van der Waals surface area (Å²) in [7, 11) is 1.71. The lowest BCUT2D eigenvalue weighted by molar-refractivity contribution is 0.167. The largest absolute Gasteiger partial charge is 0.383 e. The fraction of sp³-hybridized carbons (Fsp3) is 0.500. The molecule has 0 spiro atoms. The Morgan fingerprint density at radius 3 is 2.87 bits per heavy atom. The number of hydrogen-bond acceptors (Lipinski definition) is 2. The Bertz CT molecular complexity index is 291. The molecule has 1 unspecified atom stereocenters. The van der Waals surface area contributed by atoms with Gasteiger partial charge in [0.25, 0.3) is 0 Å². The molecule has 0 heterocycles. The van der Waals surface area contributed by atoms with Crippen LogP contribution in [0.2, 0.25) is 5.02 Å². The molecule has 0 amide bonds. The van der Waals surface area contributed by atoms with Gasteiger partial charge in [-0.3, -0.25) is 0 Å². The van der Waals surface area contributed by atoms with E-state index in [4.69, 9.17) is 16.3 Å². The molecule has 1 aromatic carbocycles. The number of methoxy groups -OCH3 is 1. The molecule has 0 aromatic heterocycles. The lowest BCUT2D eigenvalue weighted by Crippen LogP contribution is -2.25. The van der Waals surface area contributed by atoms with E-state index in [1.807, 2.05) is 18.2 Å². The average molecular weight is 228 g/mol. The minimum atomic E-state index is 0.230. The fourth-order valence-corrected chi connectivity index (χ4v) is 1.68. The van der Waals surface area contributed by atoms with Crippen molar-refractivity contribution in [1.29, 1.82) is 0 Å². The molecule has 0 fully saturated rings. The van der Waals surface area contributed by atoms with Crippen molar-refractivity contribution in [2.24, 2.45) is 0 Å². The van der Waals surface area contributed by atoms with E-state index >= 15 is 0 Å². The average Bonchev–Trinajstić information content (AvgIpc) is 2.24. The summed E-state index contributed by atoms with van der Waals surface area (Å²) >= 11 is 5.95. The third-order valence-corrected chi connectivity index (χ3v) is 2.46. The Labute approximate surface area is 96.6 Å². The van der Waals surface area contributed by atoms with Crippen LogP contribution in [0.1, 0.15) is 24.9 Å². The van der Waals surface area contributed by atoms with Crippen LogP contribution in [-0.2, 0) is 4.74 Å². The SMILES string of the molecule is CCCNC(COC)c1cccc(Cl)c1. The van der Waals surface area contributed by atoms with Gasteiger partial charge in [0.05, 0.1) is 12.6 Å². The van der Waals surface area contributed by atoms with E-state index in [-0.39, 0.29) is 6.04 Å². The summed E-state index contributed by atoms with van der Waals surface area (Å²) in [6, 6.07) is 8.13. The highest BCUT2D eigenvalue weighted by atomic mass is 35.5. The first-order chi connectivity index (χ1) is 7.27. The second-order valence-corrected chi connectivity index (χ2v) is 3.95. The number of rotatable bonds is 6. The van der Waals surface area contributed by atoms with Gasteiger partial charge in [-0.2, -0.15) is 0 Å². The van der Waals surface area contributed by atoms with Crippen molar-refractivity contribution in [2.45, 2.75) is 19.4 Å². The molecule has 0 aliphatic rings. The minimum Gasteiger partial charge on any atom is -0.383 e. The maximum absolute atomic E-state index is 5.95. The molecule has 3 heteroatoms. The third kappa shape index (κ3) is 4.20. The highest BCUT2D eigenvalue weighted by Gasteiger charge is 2.09. The number of halogens is 1. The minimum absolute atomic E-state index is 0.230. The van der Waals surface area contributed by atoms with Crippen LogP contribution in [0.4, 0.5) is 0 Å². The lowest BCUT2D eigenvalue weighted by atomic mass is 10.1. The molecule has 0 radical (unpaired) electrons. The maximum Gasteiger partial charge on any atom is 0.0657 e. The summed E-state index contributed by atoms with van der Waals surface area (Å²) in [5.74, 6) is 0. The molecule has 1 N–H and O–H groups in total. The number of hydrogen-bond donors (Lipinski definition) is 1. The first kappa shape index (κ1) is 12.5. The van der Waals surface area contributed by atoms with Crippen molar-refractivity contribution >= 4 is 11.6 Å². The topological polar surface area (TPSA) is 21.3 Å². The molecule has 1 aromatic rings. The van der Waals surface area contributed by atoms with Crippen LogP contribution >= 0.6 is 11.6 Å². The molecular weight excluding hydrogens is 210 g/mol. The van der Waals surface area contributed by atoms with Crippen molar-refractivity contribution < 1.29 is 4.74 Å². The van der Waals surface area contributed by atoms with Crippen LogP contribution in [-0.4, -0.2) is 20.3 Å². The van der Waals surface area contributed by atoms with Crippen LogP contribution < -0.4 is 5.32 Å². The lowest BCUT2D eigenvalue weighted by Gasteiger charge is -2.18. The fourth-order valence-electron chi connectivity index (χ4n) is 1.48. The standard InChI is InChI=1S/C12H18ClNO/c1-3-7-14-12(9-15-2)10-5-4-6-11(13)8-10/h4-6,8,12,14H,3,7,9H2,1-2H3. The number of benzene rings is 1. The predicted molar refractivity (Wildman–Crippen MR) is 64.4 cm³/mol. The van der Waals surface area contributed by atoms with Crippen LogP contribution in [0.25, 0.3) is 0 Å². The quantitative estimate of drug-likeness (QED) is 0.807. The molecular formula is C12H18ClNO. The first-order valence-electron chi connectivity index (χ1n) is 5.25. The van der Waals surface area contributed by atoms with Gasteiger partial charge in [0.1, 0.15) is 0 Å². The van der Waals surface area contributed by atoms with E-state index < -0.39 is 0 Å². The third-order valence-electron chi connectivity index (χ3n) is 2.23. The zero-order valence-electron chi connectivity index (χ0n) is 9.29. The first-order valence-corrected chi connectivity index (χ1v) is 5.63. The molecule has 15 heavy (non-hydrogen) atoms. The van der Waals surface area contributed by atoms with Gasteiger partial charge < -0.3 is 10.1 Å². The smallest absolute Gasteiger partial charge is 0.0657 e. The summed E-state index contributed by atoms with van der Waals surface area (Å²) in [4.78, 5) is 0. The molecule has 84 valence electrons. The van der Waals surface area contributed by atoms with Crippen molar-refractivity contribution in [3.8, 4) is 0 Å². The zero-order valence-corrected chi connectivity index (χ0v) is 10.1. The van der Waals surface area contributed by atoms with Crippen LogP contribution in [0.3, 0.4) is 0 Å². The van der Waals surface area contributed by atoms with E-state index in [1.54, 1.807) is 7.11 Å². The van der Waals surface area contributed by atoms with Gasteiger partial charge in [0.15, 0.2) is 0 Å². The van der Waals surface area contributed by atoms with Gasteiger partial charge >= 0.3 is 0 Å². The molecule has 0 bridgehead atoms. The maximum atomic E-state index is 5.95. The Hall–Kier alpha value is -0.570. The van der Waals surface area contributed by atoms with Crippen molar-refractivity contribution in [1.82, 2.24) is 5.32 Å². The van der Waals surface area contributed by atoms with Crippen LogP contribution in [0.5, 0.6) is 0 Å². The monoisotopic (exact) mass is 227 g/mol. The van der Waals surface area contributed by atoms with E-state index in [9.17, 15) is 0 Å². The van der Waals surface area contributed by atoms with Crippen molar-refractivity contribution in [3.63, 3.8) is 0 Å². The zero-order chi connectivity index (χ0) is 11.1. The Balaban J connectivity index is 2.69. The van der Waals surface area contributed by atoms with Gasteiger partial charge in [0.2, 0.25) is 0 Å². The Morgan fingerprint density at radius 1 is 1.47 bits per heavy atom. The molecule has 1 atom stereocenters. The van der Waals surface area contributed by atoms with E-state index in [0.29, 0.717) is 6.61 Å². The predicted octanol–water partition coefficient (Wildman–Crippen LogP) is 3.03. The van der Waals surface area contributed by atoms with Crippen LogP contribution in [0.15, 0.2) is 24.3 Å². The molecule has 0 aliphatic heterocycles. The normalized spacial score (nSPS) is 12.7. The number of ether oxygens (including phenoxy) is 1. The van der Waals surface area contributed by atoms with Gasteiger partial charge in [0, 0.05) is 12.1 Å². The summed E-state index contributed by atoms with van der Waals surface area (Å²) in [5, 5.41) is 4.20. The summed E-state index contributed by atoms with van der Waals surface area (Å²) in [6.45, 7) is 3.80. The van der Waals surface area contributed by atoms with Gasteiger partial charge in [-0.05, 0) is 30.7 Å². The van der Waals surface area contributed by atoms with Gasteiger partial charge in [-0.1, -0.05) is 30.7 Å². The summed E-state index contributed by atoms with van der Waals surface area (Å²) in [6.07, 6.45) is 1.11. The van der Waals surface area contributed by atoms with Crippen molar-refractivity contribution in [2.75, 3.05) is 20.3 Å². The second kappa shape index (κ2) is 6.83. The summed E-state index contributed by atoms with van der Waals surface area (Å²) in [5.41, 5.74) is 1.18. The van der Waals surface area contributed by atoms with Crippen LogP contribution in [0, 0.1) is 0 Å². The van der Waals surface area contributed by atoms with Gasteiger partial charge in [-0.15, -0.1) is 0 Å². The Morgan fingerprint density at radius 2 is 2.27 bits per heavy atom.